The summed E-state index contributed by atoms with van der Waals surface area (Å²) >= 11 is 0. The fourth-order valence-electron chi connectivity index (χ4n) is 2.41. The molecule has 0 spiro atoms. The highest BCUT2D eigenvalue weighted by molar-refractivity contribution is 5.99. The number of nitro groups is 2. The number of carbonyl (C=O) groups is 1. The minimum Gasteiger partial charge on any atom is -0.478 e. The molecule has 2 aromatic carbocycles. The van der Waals surface area contributed by atoms with Crippen LogP contribution in [-0.4, -0.2) is 20.9 Å². The predicted molar refractivity (Wildman–Crippen MR) is 90.5 cm³/mol. The zero-order valence-electron chi connectivity index (χ0n) is 13.4. The van der Waals surface area contributed by atoms with E-state index in [0.717, 1.165) is 17.7 Å². The molecule has 2 aromatic rings. The van der Waals surface area contributed by atoms with Gasteiger partial charge in [-0.05, 0) is 17.5 Å². The molecular formula is C16H15N3O6. The number of benzene rings is 2. The van der Waals surface area contributed by atoms with Crippen molar-refractivity contribution in [2.75, 3.05) is 5.32 Å². The highest BCUT2D eigenvalue weighted by atomic mass is 16.6. The lowest BCUT2D eigenvalue weighted by atomic mass is 10.0. The molecular weight excluding hydrogens is 330 g/mol. The average molecular weight is 345 g/mol. The largest absolute Gasteiger partial charge is 0.478 e. The van der Waals surface area contributed by atoms with Gasteiger partial charge in [-0.1, -0.05) is 32.0 Å². The van der Waals surface area contributed by atoms with Crippen molar-refractivity contribution < 1.29 is 19.7 Å². The molecule has 0 amide bonds. The van der Waals surface area contributed by atoms with E-state index in [1.54, 1.807) is 18.2 Å². The Balaban J connectivity index is 2.70. The molecule has 0 fully saturated rings. The summed E-state index contributed by atoms with van der Waals surface area (Å²) in [6, 6.07) is 8.51. The third kappa shape index (κ3) is 3.71. The zero-order chi connectivity index (χ0) is 18.7. The van der Waals surface area contributed by atoms with E-state index in [9.17, 15) is 30.1 Å². The minimum absolute atomic E-state index is 0.0779. The zero-order valence-corrected chi connectivity index (χ0v) is 13.4. The number of nitrogens with one attached hydrogen (secondary N) is 1. The van der Waals surface area contributed by atoms with Gasteiger partial charge in [0.1, 0.15) is 5.69 Å². The average Bonchev–Trinajstić information content (AvgIpc) is 2.54. The highest BCUT2D eigenvalue weighted by Crippen LogP contribution is 2.37. The molecule has 0 aromatic heterocycles. The molecule has 0 saturated heterocycles. The number of carboxylic acids is 1. The summed E-state index contributed by atoms with van der Waals surface area (Å²) in [4.78, 5) is 32.0. The fourth-order valence-corrected chi connectivity index (χ4v) is 2.41. The molecule has 2 rings (SSSR count). The number of carboxylic acid groups (broad SMARTS) is 1. The summed E-state index contributed by atoms with van der Waals surface area (Å²) in [5.41, 5.74) is -0.851. The standard InChI is InChI=1S/C16H15N3O6/c1-9(2)11-5-3-4-6-13(11)17-15-12(16(20)21)7-10(18(22)23)8-14(15)19(24)25/h3-9,17H,1-2H3,(H,20,21). The minimum atomic E-state index is -1.50. The van der Waals surface area contributed by atoms with Crippen molar-refractivity contribution in [1.29, 1.82) is 0 Å². The number of anilines is 2. The first-order valence-corrected chi connectivity index (χ1v) is 7.28. The lowest BCUT2D eigenvalue weighted by molar-refractivity contribution is -0.393. The Bertz CT molecular complexity index is 828. The topological polar surface area (TPSA) is 136 Å². The first-order valence-electron chi connectivity index (χ1n) is 7.28. The number of non-ortho nitro benzene ring substituents is 1. The smallest absolute Gasteiger partial charge is 0.338 e. The first kappa shape index (κ1) is 17.9. The van der Waals surface area contributed by atoms with Crippen LogP contribution in [0.1, 0.15) is 35.7 Å². The summed E-state index contributed by atoms with van der Waals surface area (Å²) < 4.78 is 0. The molecule has 0 heterocycles. The van der Waals surface area contributed by atoms with Crippen LogP contribution < -0.4 is 5.32 Å². The van der Waals surface area contributed by atoms with Crippen molar-refractivity contribution in [2.45, 2.75) is 19.8 Å². The molecule has 0 radical (unpaired) electrons. The number of aromatic carboxylic acids is 1. The van der Waals surface area contributed by atoms with Crippen LogP contribution in [0.4, 0.5) is 22.7 Å². The molecule has 0 aliphatic heterocycles. The van der Waals surface area contributed by atoms with E-state index >= 15 is 0 Å². The van der Waals surface area contributed by atoms with Gasteiger partial charge in [-0.3, -0.25) is 20.2 Å². The van der Waals surface area contributed by atoms with Crippen LogP contribution in [0.3, 0.4) is 0 Å². The van der Waals surface area contributed by atoms with Crippen LogP contribution in [0.25, 0.3) is 0 Å². The molecule has 2 N–H and O–H groups in total. The molecule has 0 saturated carbocycles. The highest BCUT2D eigenvalue weighted by Gasteiger charge is 2.28. The van der Waals surface area contributed by atoms with Gasteiger partial charge in [0.05, 0.1) is 21.5 Å². The van der Waals surface area contributed by atoms with Gasteiger partial charge in [-0.15, -0.1) is 0 Å². The number of rotatable bonds is 6. The third-order valence-corrected chi connectivity index (χ3v) is 3.58. The predicted octanol–water partition coefficient (Wildman–Crippen LogP) is 4.07. The van der Waals surface area contributed by atoms with E-state index in [1.165, 1.54) is 0 Å². The Labute approximate surface area is 142 Å². The number of hydrogen-bond acceptors (Lipinski definition) is 6. The molecule has 0 aliphatic rings. The van der Waals surface area contributed by atoms with Crippen LogP contribution >= 0.6 is 0 Å². The Hall–Kier alpha value is -3.49. The quantitative estimate of drug-likeness (QED) is 0.595. The van der Waals surface area contributed by atoms with Gasteiger partial charge in [0.15, 0.2) is 0 Å². The normalized spacial score (nSPS) is 10.5. The van der Waals surface area contributed by atoms with Crippen molar-refractivity contribution in [2.24, 2.45) is 0 Å². The van der Waals surface area contributed by atoms with Gasteiger partial charge in [-0.2, -0.15) is 0 Å². The molecule has 25 heavy (non-hydrogen) atoms. The SMILES string of the molecule is CC(C)c1ccccc1Nc1c(C(=O)O)cc([N+](=O)[O-])cc1[N+](=O)[O-]. The van der Waals surface area contributed by atoms with E-state index in [1.807, 2.05) is 19.9 Å². The summed E-state index contributed by atoms with van der Waals surface area (Å²) in [5.74, 6) is -1.43. The molecule has 0 atom stereocenters. The lowest BCUT2D eigenvalue weighted by Crippen LogP contribution is -2.08. The molecule has 0 aliphatic carbocycles. The van der Waals surface area contributed by atoms with Crippen molar-refractivity contribution in [1.82, 2.24) is 0 Å². The van der Waals surface area contributed by atoms with Gasteiger partial charge >= 0.3 is 5.97 Å². The number of hydrogen-bond donors (Lipinski definition) is 2. The lowest BCUT2D eigenvalue weighted by Gasteiger charge is -2.16. The molecule has 9 nitrogen and oxygen atoms in total. The van der Waals surface area contributed by atoms with E-state index in [4.69, 9.17) is 0 Å². The maximum absolute atomic E-state index is 11.5. The number of nitrogens with zero attached hydrogens (tertiary/aromatic N) is 2. The van der Waals surface area contributed by atoms with E-state index in [2.05, 4.69) is 5.32 Å². The second-order valence-corrected chi connectivity index (χ2v) is 5.57. The van der Waals surface area contributed by atoms with Crippen molar-refractivity contribution >= 4 is 28.7 Å². The number of para-hydroxylation sites is 1. The third-order valence-electron chi connectivity index (χ3n) is 3.58. The van der Waals surface area contributed by atoms with Gasteiger partial charge in [0, 0.05) is 11.8 Å². The monoisotopic (exact) mass is 345 g/mol. The summed E-state index contributed by atoms with van der Waals surface area (Å²) in [6.45, 7) is 3.84. The van der Waals surface area contributed by atoms with E-state index < -0.39 is 32.8 Å². The van der Waals surface area contributed by atoms with Gasteiger partial charge in [0.25, 0.3) is 11.4 Å². The molecule has 0 unspecified atom stereocenters. The maximum atomic E-state index is 11.5. The van der Waals surface area contributed by atoms with Crippen LogP contribution in [0.5, 0.6) is 0 Å². The first-order chi connectivity index (χ1) is 11.7. The van der Waals surface area contributed by atoms with Crippen LogP contribution in [-0.2, 0) is 0 Å². The summed E-state index contributed by atoms with van der Waals surface area (Å²) in [5, 5.41) is 34.4. The van der Waals surface area contributed by atoms with E-state index in [0.29, 0.717) is 5.69 Å². The van der Waals surface area contributed by atoms with Gasteiger partial charge in [-0.25, -0.2) is 4.79 Å². The Morgan fingerprint density at radius 1 is 1.12 bits per heavy atom. The fraction of sp³-hybridized carbons (Fsp3) is 0.188. The summed E-state index contributed by atoms with van der Waals surface area (Å²) in [7, 11) is 0. The van der Waals surface area contributed by atoms with Crippen LogP contribution in [0, 0.1) is 20.2 Å². The van der Waals surface area contributed by atoms with Crippen molar-refractivity contribution in [3.05, 3.63) is 67.8 Å². The van der Waals surface area contributed by atoms with Gasteiger partial charge in [0.2, 0.25) is 0 Å². The Morgan fingerprint density at radius 2 is 1.76 bits per heavy atom. The second kappa shape index (κ2) is 6.95. The van der Waals surface area contributed by atoms with Crippen LogP contribution in [0.2, 0.25) is 0 Å². The van der Waals surface area contributed by atoms with Crippen molar-refractivity contribution in [3.63, 3.8) is 0 Å². The maximum Gasteiger partial charge on any atom is 0.338 e. The molecule has 130 valence electrons. The van der Waals surface area contributed by atoms with Gasteiger partial charge < -0.3 is 10.4 Å². The van der Waals surface area contributed by atoms with Crippen LogP contribution in [0.15, 0.2) is 36.4 Å². The van der Waals surface area contributed by atoms with E-state index in [-0.39, 0.29) is 11.6 Å². The number of nitro benzene ring substituents is 2. The Morgan fingerprint density at radius 3 is 2.28 bits per heavy atom. The second-order valence-electron chi connectivity index (χ2n) is 5.57. The summed E-state index contributed by atoms with van der Waals surface area (Å²) in [6.07, 6.45) is 0. The Kier molecular flexibility index (Phi) is 4.97. The van der Waals surface area contributed by atoms with Crippen molar-refractivity contribution in [3.8, 4) is 0 Å². The molecule has 9 heteroatoms. The molecule has 0 bridgehead atoms.